The number of rotatable bonds is 6. The Bertz CT molecular complexity index is 2250. The minimum absolute atomic E-state index is 0.636. The maximum absolute atomic E-state index is 6.78. The Kier molecular flexibility index (Phi) is 6.38. The number of para-hydroxylation sites is 2. The summed E-state index contributed by atoms with van der Waals surface area (Å²) in [5.41, 5.74) is 3.40. The van der Waals surface area contributed by atoms with E-state index >= 15 is 0 Å². The Morgan fingerprint density at radius 3 is 1.67 bits per heavy atom. The van der Waals surface area contributed by atoms with Gasteiger partial charge in [-0.25, -0.2) is 9.97 Å². The van der Waals surface area contributed by atoms with E-state index < -0.39 is 15.1 Å². The van der Waals surface area contributed by atoms with Crippen LogP contribution in [0.4, 0.5) is 0 Å². The predicted molar refractivity (Wildman–Crippen MR) is 177 cm³/mol. The monoisotopic (exact) mass is 592 g/mol. The van der Waals surface area contributed by atoms with Crippen molar-refractivity contribution in [2.75, 3.05) is 0 Å². The zero-order chi connectivity index (χ0) is 28.9. The number of aromatic nitrogens is 2. The van der Waals surface area contributed by atoms with E-state index in [1.165, 1.54) is 20.9 Å². The molecule has 5 nitrogen and oxygen atoms in total. The summed E-state index contributed by atoms with van der Waals surface area (Å²) in [4.78, 5) is 9.58. The van der Waals surface area contributed by atoms with Crippen LogP contribution in [0, 0.1) is 13.8 Å². The van der Waals surface area contributed by atoms with Crippen LogP contribution >= 0.6 is 11.3 Å². The molecule has 0 amide bonds. The number of pyridine rings is 2. The molecule has 0 saturated heterocycles. The Labute approximate surface area is 257 Å². The molecule has 0 saturated carbocycles. The second-order valence-electron chi connectivity index (χ2n) is 10.6. The number of fused-ring (bicyclic) bond motifs is 7. The maximum atomic E-state index is 6.78. The molecule has 0 atom stereocenters. The minimum atomic E-state index is -2.94. The highest BCUT2D eigenvalue weighted by atomic mass is 32.1. The summed E-state index contributed by atoms with van der Waals surface area (Å²) in [6.07, 6.45) is 0. The predicted octanol–water partition coefficient (Wildman–Crippen LogP) is 9.44. The van der Waals surface area contributed by atoms with Gasteiger partial charge in [-0.2, -0.15) is 0 Å². The van der Waals surface area contributed by atoms with Gasteiger partial charge in [0.2, 0.25) is 0 Å². The fraction of sp³-hybridized carbons (Fsp3) is 0.0556. The summed E-state index contributed by atoms with van der Waals surface area (Å²) in [7, 11) is 0. The molecule has 3 heterocycles. The van der Waals surface area contributed by atoms with Crippen LogP contribution in [0.15, 0.2) is 115 Å². The lowest BCUT2D eigenvalue weighted by atomic mass is 10.1. The molecule has 0 aliphatic carbocycles. The largest absolute Gasteiger partial charge is 1.20 e. The molecule has 206 valence electrons. The number of benzene rings is 5. The second kappa shape index (κ2) is 10.6. The van der Waals surface area contributed by atoms with Crippen LogP contribution in [0.25, 0.3) is 52.8 Å². The molecule has 0 bridgehead atoms. The standard InChI is InChI=1S/C16H10OS.2C10H9NO.Al/c17-14-7-3-6-12-13-9-8-10-4-1-2-5-11(10)15(13)18-16(12)14;2*1-7-5-6-8-3-2-4-9(12)10(8)11-7;/h1-9,17H;2*2-6,12H,1H3;/q;;;+3/p-3. The van der Waals surface area contributed by atoms with Crippen molar-refractivity contribution in [2.45, 2.75) is 13.8 Å². The van der Waals surface area contributed by atoms with Gasteiger partial charge in [0.1, 0.15) is 28.3 Å². The first-order valence-corrected chi connectivity index (χ1v) is 16.4. The van der Waals surface area contributed by atoms with Gasteiger partial charge in [0.15, 0.2) is 0 Å². The van der Waals surface area contributed by atoms with Crippen LogP contribution in [-0.4, -0.2) is 25.1 Å². The number of thiophene rings is 1. The third kappa shape index (κ3) is 4.72. The van der Waals surface area contributed by atoms with E-state index in [1.807, 2.05) is 74.5 Å². The SMILES string of the molecule is Cc1ccc2cccc([O][Al]([O]c3cccc4ccc(C)nc34)[O]c3cccc4c3sc3c5ccccc5ccc43)c2n1. The Hall–Kier alpha value is -4.67. The third-order valence-electron chi connectivity index (χ3n) is 7.67. The maximum Gasteiger partial charge on any atom is 1.20 e. The van der Waals surface area contributed by atoms with Crippen molar-refractivity contribution in [3.8, 4) is 17.2 Å². The van der Waals surface area contributed by atoms with Crippen LogP contribution in [0.2, 0.25) is 0 Å². The zero-order valence-corrected chi connectivity index (χ0v) is 25.5. The number of hydrogen-bond donors (Lipinski definition) is 0. The molecule has 8 aromatic rings. The summed E-state index contributed by atoms with van der Waals surface area (Å²) in [5.74, 6) is 2.02. The topological polar surface area (TPSA) is 53.5 Å². The van der Waals surface area contributed by atoms with Crippen molar-refractivity contribution in [2.24, 2.45) is 0 Å². The molecule has 5 aromatic carbocycles. The van der Waals surface area contributed by atoms with Gasteiger partial charge in [-0.15, -0.1) is 11.3 Å². The fourth-order valence-corrected chi connectivity index (χ4v) is 8.32. The molecule has 0 fully saturated rings. The van der Waals surface area contributed by atoms with Crippen molar-refractivity contribution in [1.82, 2.24) is 9.97 Å². The summed E-state index contributed by atoms with van der Waals surface area (Å²) in [6.45, 7) is 3.96. The van der Waals surface area contributed by atoms with Crippen LogP contribution in [0.1, 0.15) is 11.4 Å². The van der Waals surface area contributed by atoms with Crippen molar-refractivity contribution in [3.63, 3.8) is 0 Å². The van der Waals surface area contributed by atoms with Gasteiger partial charge in [0, 0.05) is 37.6 Å². The molecule has 0 spiro atoms. The molecule has 0 aliphatic rings. The van der Waals surface area contributed by atoms with Crippen molar-refractivity contribution in [1.29, 1.82) is 0 Å². The normalized spacial score (nSPS) is 11.5. The van der Waals surface area contributed by atoms with Gasteiger partial charge in [-0.1, -0.05) is 84.9 Å². The van der Waals surface area contributed by atoms with Crippen molar-refractivity contribution >= 4 is 79.2 Å². The average molecular weight is 593 g/mol. The first-order valence-electron chi connectivity index (χ1n) is 14.2. The van der Waals surface area contributed by atoms with E-state index in [9.17, 15) is 0 Å². The van der Waals surface area contributed by atoms with Gasteiger partial charge in [-0.05, 0) is 55.0 Å². The second-order valence-corrected chi connectivity index (χ2v) is 12.9. The third-order valence-corrected chi connectivity index (χ3v) is 10.3. The highest BCUT2D eigenvalue weighted by Gasteiger charge is 2.46. The zero-order valence-electron chi connectivity index (χ0n) is 23.6. The lowest BCUT2D eigenvalue weighted by molar-refractivity contribution is 0.311. The summed E-state index contributed by atoms with van der Waals surface area (Å²) in [6, 6.07) is 39.1. The van der Waals surface area contributed by atoms with Crippen LogP contribution < -0.4 is 11.4 Å². The van der Waals surface area contributed by atoms with E-state index in [2.05, 4.69) is 54.6 Å². The number of nitrogens with zero attached hydrogens (tertiary/aromatic N) is 2. The molecular formula is C36H25AlN2O3S. The highest BCUT2D eigenvalue weighted by molar-refractivity contribution is 7.27. The molecule has 0 N–H and O–H groups in total. The van der Waals surface area contributed by atoms with E-state index in [0.29, 0.717) is 11.5 Å². The first-order chi connectivity index (χ1) is 21.1. The molecule has 8 rings (SSSR count). The van der Waals surface area contributed by atoms with Gasteiger partial charge in [0.05, 0.1) is 4.70 Å². The average Bonchev–Trinajstić information content (AvgIpc) is 3.42. The minimum Gasteiger partial charge on any atom is -0.576 e. The van der Waals surface area contributed by atoms with E-state index in [4.69, 9.17) is 21.3 Å². The van der Waals surface area contributed by atoms with Gasteiger partial charge in [-0.3, -0.25) is 0 Å². The van der Waals surface area contributed by atoms with E-state index in [0.717, 1.165) is 49.0 Å². The van der Waals surface area contributed by atoms with E-state index in [1.54, 1.807) is 11.3 Å². The number of hydrogen-bond acceptors (Lipinski definition) is 6. The molecule has 43 heavy (non-hydrogen) atoms. The molecule has 0 unspecified atom stereocenters. The van der Waals surface area contributed by atoms with Gasteiger partial charge in [0.25, 0.3) is 0 Å². The molecule has 0 radical (unpaired) electrons. The molecule has 3 aromatic heterocycles. The lowest BCUT2D eigenvalue weighted by Gasteiger charge is -2.18. The quantitative estimate of drug-likeness (QED) is 0.180. The van der Waals surface area contributed by atoms with Crippen molar-refractivity contribution < 1.29 is 11.4 Å². The summed E-state index contributed by atoms with van der Waals surface area (Å²) >= 11 is -1.19. The molecular weight excluding hydrogens is 567 g/mol. The molecule has 7 heteroatoms. The fourth-order valence-electron chi connectivity index (χ4n) is 5.60. The number of aryl methyl sites for hydroxylation is 2. The highest BCUT2D eigenvalue weighted by Crippen LogP contribution is 2.42. The van der Waals surface area contributed by atoms with Gasteiger partial charge >= 0.3 is 15.1 Å². The Balaban J connectivity index is 1.26. The smallest absolute Gasteiger partial charge is 0.576 e. The van der Waals surface area contributed by atoms with E-state index in [-0.39, 0.29) is 0 Å². The van der Waals surface area contributed by atoms with Crippen LogP contribution in [0.3, 0.4) is 0 Å². The van der Waals surface area contributed by atoms with Gasteiger partial charge < -0.3 is 11.4 Å². The van der Waals surface area contributed by atoms with Crippen LogP contribution in [0.5, 0.6) is 17.2 Å². The summed E-state index contributed by atoms with van der Waals surface area (Å²) < 4.78 is 22.4. The molecule has 0 aliphatic heterocycles. The van der Waals surface area contributed by atoms with Crippen molar-refractivity contribution in [3.05, 3.63) is 127 Å². The Morgan fingerprint density at radius 2 is 0.977 bits per heavy atom. The first kappa shape index (κ1) is 26.0. The Morgan fingerprint density at radius 1 is 0.465 bits per heavy atom. The van der Waals surface area contributed by atoms with Crippen LogP contribution in [-0.2, 0) is 0 Å². The summed E-state index contributed by atoms with van der Waals surface area (Å²) in [5, 5.41) is 6.82. The lowest BCUT2D eigenvalue weighted by Crippen LogP contribution is -2.37.